The minimum atomic E-state index is -2.87. The SMILES string of the molecule is CCNC(=NCc1ccc(-n2nc(C)cc2C)nc1)NCc1ccccc1OC(F)F. The predicted octanol–water partition coefficient (Wildman–Crippen LogP) is 3.74. The van der Waals surface area contributed by atoms with Crippen LogP contribution in [0.4, 0.5) is 8.78 Å². The number of benzene rings is 1. The number of alkyl halides is 2. The molecular weight excluding hydrogens is 402 g/mol. The van der Waals surface area contributed by atoms with Gasteiger partial charge >= 0.3 is 6.61 Å². The van der Waals surface area contributed by atoms with E-state index in [0.29, 0.717) is 31.2 Å². The van der Waals surface area contributed by atoms with Crippen LogP contribution in [0, 0.1) is 13.8 Å². The first-order valence-corrected chi connectivity index (χ1v) is 9.99. The minimum absolute atomic E-state index is 0.143. The highest BCUT2D eigenvalue weighted by Crippen LogP contribution is 2.20. The summed E-state index contributed by atoms with van der Waals surface area (Å²) in [4.78, 5) is 9.04. The topological polar surface area (TPSA) is 76.4 Å². The van der Waals surface area contributed by atoms with E-state index in [0.717, 1.165) is 22.8 Å². The molecule has 3 rings (SSSR count). The second-order valence-electron chi connectivity index (χ2n) is 6.90. The normalized spacial score (nSPS) is 11.6. The highest BCUT2D eigenvalue weighted by Gasteiger charge is 2.10. The molecule has 0 saturated heterocycles. The van der Waals surface area contributed by atoms with E-state index in [4.69, 9.17) is 0 Å². The average Bonchev–Trinajstić information content (AvgIpc) is 3.09. The molecule has 0 aliphatic carbocycles. The van der Waals surface area contributed by atoms with Crippen molar-refractivity contribution in [3.8, 4) is 11.6 Å². The Hall–Kier alpha value is -3.49. The lowest BCUT2D eigenvalue weighted by atomic mass is 10.2. The van der Waals surface area contributed by atoms with Crippen molar-refractivity contribution in [1.82, 2.24) is 25.4 Å². The zero-order valence-corrected chi connectivity index (χ0v) is 17.8. The number of aromatic nitrogens is 3. The van der Waals surface area contributed by atoms with Crippen molar-refractivity contribution < 1.29 is 13.5 Å². The number of halogens is 2. The summed E-state index contributed by atoms with van der Waals surface area (Å²) in [7, 11) is 0. The Labute approximate surface area is 180 Å². The van der Waals surface area contributed by atoms with Gasteiger partial charge in [-0.2, -0.15) is 13.9 Å². The molecule has 0 saturated carbocycles. The number of nitrogens with zero attached hydrogens (tertiary/aromatic N) is 4. The smallest absolute Gasteiger partial charge is 0.387 e. The van der Waals surface area contributed by atoms with E-state index in [-0.39, 0.29) is 5.75 Å². The fraction of sp³-hybridized carbons (Fsp3) is 0.318. The predicted molar refractivity (Wildman–Crippen MR) is 116 cm³/mol. The van der Waals surface area contributed by atoms with E-state index < -0.39 is 6.61 Å². The molecule has 0 unspecified atom stereocenters. The van der Waals surface area contributed by atoms with Crippen LogP contribution >= 0.6 is 0 Å². The van der Waals surface area contributed by atoms with E-state index in [1.807, 2.05) is 39.0 Å². The Balaban J connectivity index is 1.65. The van der Waals surface area contributed by atoms with E-state index in [2.05, 4.69) is 30.4 Å². The Morgan fingerprint density at radius 1 is 1.16 bits per heavy atom. The Kier molecular flexibility index (Phi) is 7.53. The van der Waals surface area contributed by atoms with Gasteiger partial charge in [0.1, 0.15) is 5.75 Å². The summed E-state index contributed by atoms with van der Waals surface area (Å²) in [5.41, 5.74) is 3.51. The number of pyridine rings is 1. The van der Waals surface area contributed by atoms with Crippen LogP contribution in [0.5, 0.6) is 5.75 Å². The lowest BCUT2D eigenvalue weighted by Crippen LogP contribution is -2.36. The summed E-state index contributed by atoms with van der Waals surface area (Å²) in [6, 6.07) is 12.5. The Bertz CT molecular complexity index is 1020. The summed E-state index contributed by atoms with van der Waals surface area (Å²) >= 11 is 0. The molecule has 31 heavy (non-hydrogen) atoms. The number of para-hydroxylation sites is 1. The number of guanidine groups is 1. The summed E-state index contributed by atoms with van der Waals surface area (Å²) in [5.74, 6) is 1.46. The highest BCUT2D eigenvalue weighted by atomic mass is 19.3. The van der Waals surface area contributed by atoms with Crippen molar-refractivity contribution >= 4 is 5.96 Å². The second-order valence-corrected chi connectivity index (χ2v) is 6.90. The summed E-state index contributed by atoms with van der Waals surface area (Å²) in [5, 5.41) is 10.7. The number of hydrogen-bond acceptors (Lipinski definition) is 4. The van der Waals surface area contributed by atoms with Crippen molar-refractivity contribution in [2.24, 2.45) is 4.99 Å². The largest absolute Gasteiger partial charge is 0.434 e. The third kappa shape index (κ3) is 6.24. The van der Waals surface area contributed by atoms with Gasteiger partial charge in [0.2, 0.25) is 0 Å². The highest BCUT2D eigenvalue weighted by molar-refractivity contribution is 5.79. The molecule has 0 fully saturated rings. The van der Waals surface area contributed by atoms with Crippen molar-refractivity contribution in [3.05, 3.63) is 71.2 Å². The van der Waals surface area contributed by atoms with E-state index in [1.165, 1.54) is 6.07 Å². The van der Waals surface area contributed by atoms with Crippen molar-refractivity contribution in [1.29, 1.82) is 0 Å². The van der Waals surface area contributed by atoms with E-state index >= 15 is 0 Å². The first-order valence-electron chi connectivity index (χ1n) is 9.99. The van der Waals surface area contributed by atoms with Crippen LogP contribution < -0.4 is 15.4 Å². The van der Waals surface area contributed by atoms with E-state index in [1.54, 1.807) is 29.1 Å². The molecule has 3 aromatic rings. The number of nitrogens with one attached hydrogen (secondary N) is 2. The maximum atomic E-state index is 12.6. The number of ether oxygens (including phenoxy) is 1. The second kappa shape index (κ2) is 10.5. The number of aryl methyl sites for hydroxylation is 2. The minimum Gasteiger partial charge on any atom is -0.434 e. The van der Waals surface area contributed by atoms with Gasteiger partial charge in [0.05, 0.1) is 12.2 Å². The Morgan fingerprint density at radius 3 is 2.61 bits per heavy atom. The molecule has 9 heteroatoms. The fourth-order valence-electron chi connectivity index (χ4n) is 3.05. The third-order valence-corrected chi connectivity index (χ3v) is 4.43. The monoisotopic (exact) mass is 428 g/mol. The van der Waals surface area contributed by atoms with Gasteiger partial charge in [0.25, 0.3) is 0 Å². The summed E-state index contributed by atoms with van der Waals surface area (Å²) in [6.07, 6.45) is 1.77. The first-order chi connectivity index (χ1) is 15.0. The average molecular weight is 428 g/mol. The third-order valence-electron chi connectivity index (χ3n) is 4.43. The van der Waals surface area contributed by atoms with Gasteiger partial charge in [-0.3, -0.25) is 0 Å². The number of hydrogen-bond donors (Lipinski definition) is 2. The maximum absolute atomic E-state index is 12.6. The van der Waals surface area contributed by atoms with Gasteiger partial charge in [-0.15, -0.1) is 0 Å². The maximum Gasteiger partial charge on any atom is 0.387 e. The van der Waals surface area contributed by atoms with Gasteiger partial charge in [0, 0.05) is 30.5 Å². The lowest BCUT2D eigenvalue weighted by Gasteiger charge is -2.14. The summed E-state index contributed by atoms with van der Waals surface area (Å²) in [6.45, 7) is 4.39. The molecule has 0 amide bonds. The number of aliphatic imine (C=N–C) groups is 1. The van der Waals surface area contributed by atoms with Crippen molar-refractivity contribution in [3.63, 3.8) is 0 Å². The molecule has 2 aromatic heterocycles. The zero-order valence-electron chi connectivity index (χ0n) is 17.8. The molecule has 7 nitrogen and oxygen atoms in total. The Morgan fingerprint density at radius 2 is 1.97 bits per heavy atom. The van der Waals surface area contributed by atoms with E-state index in [9.17, 15) is 8.78 Å². The molecule has 0 spiro atoms. The van der Waals surface area contributed by atoms with Crippen LogP contribution in [0.15, 0.2) is 53.7 Å². The van der Waals surface area contributed by atoms with Crippen LogP contribution in [0.2, 0.25) is 0 Å². The van der Waals surface area contributed by atoms with Gasteiger partial charge in [-0.1, -0.05) is 24.3 Å². The van der Waals surface area contributed by atoms with Crippen LogP contribution in [0.25, 0.3) is 5.82 Å². The van der Waals surface area contributed by atoms with Crippen LogP contribution in [-0.4, -0.2) is 33.9 Å². The van der Waals surface area contributed by atoms with Crippen molar-refractivity contribution in [2.75, 3.05) is 6.54 Å². The van der Waals surface area contributed by atoms with Crippen molar-refractivity contribution in [2.45, 2.75) is 40.5 Å². The molecule has 2 heterocycles. The molecule has 0 aliphatic rings. The fourth-order valence-corrected chi connectivity index (χ4v) is 3.05. The number of rotatable bonds is 8. The molecule has 164 valence electrons. The lowest BCUT2D eigenvalue weighted by molar-refractivity contribution is -0.0504. The molecular formula is C22H26F2N6O. The van der Waals surface area contributed by atoms with Gasteiger partial charge in [-0.25, -0.2) is 14.7 Å². The summed E-state index contributed by atoms with van der Waals surface area (Å²) < 4.78 is 31.6. The first kappa shape index (κ1) is 22.2. The molecule has 1 aromatic carbocycles. The zero-order chi connectivity index (χ0) is 22.2. The van der Waals surface area contributed by atoms with Gasteiger partial charge < -0.3 is 15.4 Å². The molecule has 0 bridgehead atoms. The van der Waals surface area contributed by atoms with Gasteiger partial charge in [0.15, 0.2) is 11.8 Å². The molecule has 2 N–H and O–H groups in total. The van der Waals surface area contributed by atoms with Crippen LogP contribution in [0.1, 0.15) is 29.4 Å². The quantitative estimate of drug-likeness (QED) is 0.422. The van der Waals surface area contributed by atoms with Gasteiger partial charge in [-0.05, 0) is 44.5 Å². The standard InChI is InChI=1S/C22H26F2N6O/c1-4-25-22(28-14-18-7-5-6-8-19(18)31-21(23)24)27-13-17-9-10-20(26-12-17)30-16(3)11-15(2)29-30/h5-12,21H,4,13-14H2,1-3H3,(H2,25,27,28). The van der Waals surface area contributed by atoms with Crippen LogP contribution in [0.3, 0.4) is 0 Å². The molecule has 0 aliphatic heterocycles. The van der Waals surface area contributed by atoms with Crippen LogP contribution in [-0.2, 0) is 13.1 Å². The molecule has 0 atom stereocenters. The molecule has 0 radical (unpaired) electrons.